The van der Waals surface area contributed by atoms with Crippen LogP contribution in [-0.4, -0.2) is 0 Å². The molecule has 0 fully saturated rings. The zero-order chi connectivity index (χ0) is 6.85. The molecular weight excluding hydrogens is 166 g/mol. The van der Waals surface area contributed by atoms with E-state index in [2.05, 4.69) is 0 Å². The molecule has 0 atom stereocenters. The molecule has 0 N–H and O–H groups in total. The van der Waals surface area contributed by atoms with Crippen molar-refractivity contribution in [2.75, 3.05) is 0 Å². The van der Waals surface area contributed by atoms with Crippen molar-refractivity contribution in [3.8, 4) is 5.75 Å². The van der Waals surface area contributed by atoms with Crippen molar-refractivity contribution in [1.29, 1.82) is 0 Å². The molecule has 48 valence electrons. The van der Waals surface area contributed by atoms with Crippen molar-refractivity contribution in [3.05, 3.63) is 28.2 Å². The number of hydrogen-bond acceptors (Lipinski definition) is 1. The number of rotatable bonds is 0. The smallest absolute Gasteiger partial charge is 0.871 e. The molecular formula is C6H3Cl2LiO. The van der Waals surface area contributed by atoms with Gasteiger partial charge in [0.15, 0.2) is 0 Å². The van der Waals surface area contributed by atoms with Gasteiger partial charge in [-0.3, -0.25) is 0 Å². The Morgan fingerprint density at radius 2 is 1.80 bits per heavy atom. The third-order valence-electron chi connectivity index (χ3n) is 0.894. The maximum Gasteiger partial charge on any atom is 1.00 e. The Kier molecular flexibility index (Phi) is 4.24. The van der Waals surface area contributed by atoms with Crippen LogP contribution in [0, 0.1) is 0 Å². The van der Waals surface area contributed by atoms with Crippen LogP contribution in [-0.2, 0) is 0 Å². The second-order valence-electron chi connectivity index (χ2n) is 1.57. The van der Waals surface area contributed by atoms with Crippen molar-refractivity contribution < 1.29 is 24.0 Å². The SMILES string of the molecule is [Li+].[O-]c1ccc(Cl)cc1Cl. The van der Waals surface area contributed by atoms with Gasteiger partial charge in [0, 0.05) is 10.0 Å². The minimum atomic E-state index is -0.193. The molecule has 4 heteroatoms. The normalized spacial score (nSPS) is 8.60. The Labute approximate surface area is 81.1 Å². The predicted octanol–water partition coefficient (Wildman–Crippen LogP) is -0.929. The first kappa shape index (κ1) is 10.2. The van der Waals surface area contributed by atoms with Gasteiger partial charge in [0.1, 0.15) is 0 Å². The van der Waals surface area contributed by atoms with Crippen molar-refractivity contribution in [1.82, 2.24) is 0 Å². The number of hydrogen-bond donors (Lipinski definition) is 0. The van der Waals surface area contributed by atoms with Gasteiger partial charge >= 0.3 is 18.9 Å². The quantitative estimate of drug-likeness (QED) is 0.460. The summed E-state index contributed by atoms with van der Waals surface area (Å²) in [4.78, 5) is 0. The standard InChI is InChI=1S/C6H4Cl2O.Li/c7-4-1-2-6(9)5(8)3-4;/h1-3,9H;/q;+1/p-1. The summed E-state index contributed by atoms with van der Waals surface area (Å²) < 4.78 is 0. The second-order valence-corrected chi connectivity index (χ2v) is 2.42. The number of benzene rings is 1. The fraction of sp³-hybridized carbons (Fsp3) is 0. The molecule has 0 aliphatic carbocycles. The van der Waals surface area contributed by atoms with Crippen molar-refractivity contribution in [2.24, 2.45) is 0 Å². The molecule has 0 radical (unpaired) electrons. The molecule has 0 unspecified atom stereocenters. The summed E-state index contributed by atoms with van der Waals surface area (Å²) in [6, 6.07) is 4.27. The van der Waals surface area contributed by atoms with E-state index in [-0.39, 0.29) is 29.6 Å². The Hall–Kier alpha value is 0.197. The molecule has 0 amide bonds. The van der Waals surface area contributed by atoms with Crippen LogP contribution >= 0.6 is 23.2 Å². The molecule has 1 nitrogen and oxygen atoms in total. The summed E-state index contributed by atoms with van der Waals surface area (Å²) in [6.45, 7) is 0. The zero-order valence-corrected chi connectivity index (χ0v) is 6.91. The monoisotopic (exact) mass is 168 g/mol. The van der Waals surface area contributed by atoms with Gasteiger partial charge in [0.25, 0.3) is 0 Å². The predicted molar refractivity (Wildman–Crippen MR) is 35.9 cm³/mol. The third-order valence-corrected chi connectivity index (χ3v) is 1.42. The Balaban J connectivity index is 0.000000810. The molecule has 0 saturated heterocycles. The van der Waals surface area contributed by atoms with Gasteiger partial charge in [-0.1, -0.05) is 35.0 Å². The van der Waals surface area contributed by atoms with E-state index in [0.717, 1.165) is 0 Å². The van der Waals surface area contributed by atoms with Gasteiger partial charge in [-0.05, 0) is 12.1 Å². The van der Waals surface area contributed by atoms with Crippen LogP contribution in [0.3, 0.4) is 0 Å². The maximum absolute atomic E-state index is 10.6. The summed E-state index contributed by atoms with van der Waals surface area (Å²) in [5, 5.41) is 11.2. The first-order valence-corrected chi connectivity index (χ1v) is 3.08. The summed E-state index contributed by atoms with van der Waals surface area (Å²) >= 11 is 10.9. The Morgan fingerprint density at radius 1 is 1.20 bits per heavy atom. The van der Waals surface area contributed by atoms with Crippen LogP contribution in [0.25, 0.3) is 0 Å². The molecule has 0 aromatic heterocycles. The second kappa shape index (κ2) is 4.15. The molecule has 1 rings (SSSR count). The first-order valence-electron chi connectivity index (χ1n) is 2.32. The van der Waals surface area contributed by atoms with Crippen LogP contribution < -0.4 is 24.0 Å². The van der Waals surface area contributed by atoms with E-state index in [9.17, 15) is 5.11 Å². The molecule has 0 spiro atoms. The van der Waals surface area contributed by atoms with Crippen LogP contribution in [0.2, 0.25) is 10.0 Å². The van der Waals surface area contributed by atoms with Crippen molar-refractivity contribution >= 4 is 23.2 Å². The molecule has 0 saturated carbocycles. The molecule has 1 aromatic carbocycles. The van der Waals surface area contributed by atoms with Gasteiger partial charge in [-0.25, -0.2) is 0 Å². The Bertz CT molecular complexity index is 227. The van der Waals surface area contributed by atoms with E-state index in [0.29, 0.717) is 5.02 Å². The number of halogens is 2. The van der Waals surface area contributed by atoms with Gasteiger partial charge < -0.3 is 5.11 Å². The van der Waals surface area contributed by atoms with Crippen molar-refractivity contribution in [3.63, 3.8) is 0 Å². The van der Waals surface area contributed by atoms with Crippen LogP contribution in [0.5, 0.6) is 5.75 Å². The minimum absolute atomic E-state index is 0. The van der Waals surface area contributed by atoms with E-state index in [4.69, 9.17) is 23.2 Å². The molecule has 1 aromatic rings. The fourth-order valence-corrected chi connectivity index (χ4v) is 0.884. The zero-order valence-electron chi connectivity index (χ0n) is 5.40. The van der Waals surface area contributed by atoms with Crippen LogP contribution in [0.1, 0.15) is 0 Å². The van der Waals surface area contributed by atoms with E-state index in [1.54, 1.807) is 0 Å². The van der Waals surface area contributed by atoms with E-state index in [1.807, 2.05) is 0 Å². The third kappa shape index (κ3) is 2.44. The maximum atomic E-state index is 10.6. The minimum Gasteiger partial charge on any atom is -0.871 e. The molecule has 0 heterocycles. The topological polar surface area (TPSA) is 23.1 Å². The van der Waals surface area contributed by atoms with Gasteiger partial charge in [0.2, 0.25) is 0 Å². The first-order chi connectivity index (χ1) is 4.20. The van der Waals surface area contributed by atoms with Gasteiger partial charge in [0.05, 0.1) is 0 Å². The van der Waals surface area contributed by atoms with E-state index < -0.39 is 0 Å². The summed E-state index contributed by atoms with van der Waals surface area (Å²) in [6.07, 6.45) is 0. The average molecular weight is 169 g/mol. The molecule has 10 heavy (non-hydrogen) atoms. The molecule has 0 aliphatic heterocycles. The van der Waals surface area contributed by atoms with Gasteiger partial charge in [-0.15, -0.1) is 0 Å². The fourth-order valence-electron chi connectivity index (χ4n) is 0.475. The molecule has 0 bridgehead atoms. The largest absolute Gasteiger partial charge is 1.00 e. The van der Waals surface area contributed by atoms with Crippen LogP contribution in [0.4, 0.5) is 0 Å². The Morgan fingerprint density at radius 3 is 2.20 bits per heavy atom. The average Bonchev–Trinajstić information content (AvgIpc) is 1.80. The van der Waals surface area contributed by atoms with E-state index in [1.165, 1.54) is 18.2 Å². The summed E-state index contributed by atoms with van der Waals surface area (Å²) in [5.41, 5.74) is 0. The van der Waals surface area contributed by atoms with E-state index >= 15 is 0 Å². The van der Waals surface area contributed by atoms with Gasteiger partial charge in [-0.2, -0.15) is 0 Å². The van der Waals surface area contributed by atoms with Crippen molar-refractivity contribution in [2.45, 2.75) is 0 Å². The molecule has 0 aliphatic rings. The summed E-state index contributed by atoms with van der Waals surface area (Å²) in [5.74, 6) is -0.193. The summed E-state index contributed by atoms with van der Waals surface area (Å²) in [7, 11) is 0. The van der Waals surface area contributed by atoms with Crippen LogP contribution in [0.15, 0.2) is 18.2 Å².